The van der Waals surface area contributed by atoms with Gasteiger partial charge >= 0.3 is 0 Å². The van der Waals surface area contributed by atoms with Crippen LogP contribution in [-0.2, 0) is 4.79 Å². The molecule has 30 heavy (non-hydrogen) atoms. The Morgan fingerprint density at radius 3 is 2.60 bits per heavy atom. The molecule has 4 fully saturated rings. The van der Waals surface area contributed by atoms with Gasteiger partial charge in [0.1, 0.15) is 5.52 Å². The zero-order valence-corrected chi connectivity index (χ0v) is 18.0. The molecular formula is C23H27N5OS. The van der Waals surface area contributed by atoms with Crippen molar-refractivity contribution in [2.45, 2.75) is 56.6 Å². The van der Waals surface area contributed by atoms with Gasteiger partial charge in [-0.3, -0.25) is 4.79 Å². The number of aromatic nitrogens is 4. The summed E-state index contributed by atoms with van der Waals surface area (Å²) < 4.78 is 0. The molecule has 1 amide bonds. The number of nitrogens with one attached hydrogen (secondary N) is 2. The van der Waals surface area contributed by atoms with Crippen molar-refractivity contribution in [1.29, 1.82) is 0 Å². The monoisotopic (exact) mass is 421 g/mol. The summed E-state index contributed by atoms with van der Waals surface area (Å²) in [6, 6.07) is 8.22. The highest BCUT2D eigenvalue weighted by atomic mass is 32.2. The van der Waals surface area contributed by atoms with Crippen molar-refractivity contribution in [3.63, 3.8) is 0 Å². The topological polar surface area (TPSA) is 83.6 Å². The van der Waals surface area contributed by atoms with Gasteiger partial charge in [-0.2, -0.15) is 0 Å². The lowest BCUT2D eigenvalue weighted by atomic mass is 9.48. The van der Waals surface area contributed by atoms with Crippen LogP contribution in [0.2, 0.25) is 0 Å². The minimum Gasteiger partial charge on any atom is -0.352 e. The van der Waals surface area contributed by atoms with E-state index in [-0.39, 0.29) is 11.9 Å². The molecule has 4 aliphatic rings. The number of thioether (sulfide) groups is 1. The van der Waals surface area contributed by atoms with Gasteiger partial charge in [-0.15, -0.1) is 10.2 Å². The zero-order chi connectivity index (χ0) is 20.3. The fourth-order valence-corrected chi connectivity index (χ4v) is 7.44. The summed E-state index contributed by atoms with van der Waals surface area (Å²) in [6.45, 7) is 2.23. The number of amides is 1. The summed E-state index contributed by atoms with van der Waals surface area (Å²) >= 11 is 1.36. The van der Waals surface area contributed by atoms with Gasteiger partial charge in [-0.05, 0) is 74.7 Å². The van der Waals surface area contributed by atoms with Crippen LogP contribution in [-0.4, -0.2) is 37.9 Å². The summed E-state index contributed by atoms with van der Waals surface area (Å²) in [6.07, 6.45) is 8.19. The predicted octanol–water partition coefficient (Wildman–Crippen LogP) is 4.32. The van der Waals surface area contributed by atoms with Crippen molar-refractivity contribution in [3.8, 4) is 0 Å². The second-order valence-corrected chi connectivity index (χ2v) is 10.8. The molecule has 1 aromatic carbocycles. The van der Waals surface area contributed by atoms with Gasteiger partial charge < -0.3 is 10.3 Å². The van der Waals surface area contributed by atoms with Crippen molar-refractivity contribution >= 4 is 39.7 Å². The lowest BCUT2D eigenvalue weighted by Gasteiger charge is -2.59. The van der Waals surface area contributed by atoms with Gasteiger partial charge in [-0.1, -0.05) is 30.0 Å². The molecule has 2 heterocycles. The first-order valence-corrected chi connectivity index (χ1v) is 12.1. The Morgan fingerprint density at radius 2 is 1.87 bits per heavy atom. The van der Waals surface area contributed by atoms with E-state index in [1.807, 2.05) is 24.3 Å². The molecule has 0 radical (unpaired) electrons. The van der Waals surface area contributed by atoms with Crippen molar-refractivity contribution in [2.75, 3.05) is 5.75 Å². The highest BCUT2D eigenvalue weighted by Crippen LogP contribution is 2.61. The summed E-state index contributed by atoms with van der Waals surface area (Å²) in [5.74, 6) is 3.08. The van der Waals surface area contributed by atoms with E-state index in [1.54, 1.807) is 0 Å². The fourth-order valence-electron chi connectivity index (χ4n) is 6.84. The molecule has 7 rings (SSSR count). The quantitative estimate of drug-likeness (QED) is 0.600. The Morgan fingerprint density at radius 1 is 1.17 bits per heavy atom. The Labute approximate surface area is 180 Å². The third kappa shape index (κ3) is 3.09. The van der Waals surface area contributed by atoms with E-state index >= 15 is 0 Å². The number of aromatic amines is 1. The number of benzene rings is 1. The van der Waals surface area contributed by atoms with Crippen molar-refractivity contribution < 1.29 is 4.79 Å². The predicted molar refractivity (Wildman–Crippen MR) is 118 cm³/mol. The third-order valence-electron chi connectivity index (χ3n) is 7.82. The van der Waals surface area contributed by atoms with Crippen LogP contribution in [0.5, 0.6) is 0 Å². The van der Waals surface area contributed by atoms with Gasteiger partial charge in [0.25, 0.3) is 0 Å². The summed E-state index contributed by atoms with van der Waals surface area (Å²) in [5.41, 5.74) is 2.82. The highest BCUT2D eigenvalue weighted by Gasteiger charge is 2.53. The molecule has 4 saturated carbocycles. The Bertz CT molecular complexity index is 1090. The molecule has 4 bridgehead atoms. The largest absolute Gasteiger partial charge is 0.352 e. The third-order valence-corrected chi connectivity index (χ3v) is 8.65. The van der Waals surface area contributed by atoms with Crippen LogP contribution in [0.3, 0.4) is 0 Å². The average Bonchev–Trinajstić information content (AvgIpc) is 3.09. The number of fused-ring (bicyclic) bond motifs is 3. The van der Waals surface area contributed by atoms with Crippen molar-refractivity contribution in [1.82, 2.24) is 25.5 Å². The number of rotatable bonds is 5. The number of carbonyl (C=O) groups is 1. The molecule has 0 unspecified atom stereocenters. The number of H-pyrrole nitrogens is 1. The van der Waals surface area contributed by atoms with Crippen LogP contribution < -0.4 is 5.32 Å². The van der Waals surface area contributed by atoms with Gasteiger partial charge in [0.15, 0.2) is 5.65 Å². The first-order chi connectivity index (χ1) is 14.6. The molecule has 1 atom stereocenters. The number of nitrogens with zero attached hydrogens (tertiary/aromatic N) is 3. The molecule has 156 valence electrons. The van der Waals surface area contributed by atoms with Crippen LogP contribution in [0.4, 0.5) is 0 Å². The van der Waals surface area contributed by atoms with Crippen molar-refractivity contribution in [3.05, 3.63) is 24.3 Å². The van der Waals surface area contributed by atoms with E-state index in [0.717, 1.165) is 39.8 Å². The van der Waals surface area contributed by atoms with Crippen LogP contribution in [0, 0.1) is 23.2 Å². The van der Waals surface area contributed by atoms with E-state index in [1.165, 1.54) is 50.3 Å². The van der Waals surface area contributed by atoms with Crippen molar-refractivity contribution in [2.24, 2.45) is 23.2 Å². The van der Waals surface area contributed by atoms with E-state index in [2.05, 4.69) is 32.4 Å². The first-order valence-electron chi connectivity index (χ1n) is 11.1. The Balaban J connectivity index is 1.11. The summed E-state index contributed by atoms with van der Waals surface area (Å²) in [7, 11) is 0. The molecule has 7 heteroatoms. The second-order valence-electron chi connectivity index (χ2n) is 9.82. The molecule has 2 aromatic heterocycles. The standard InChI is InChI=1S/C23H27N5OS/c1-13(23-9-14-6-15(10-23)8-16(7-14)11-23)24-19(29)12-30-22-26-21-20(27-28-22)17-4-2-3-5-18(17)25-21/h2-5,13-16H,6-12H2,1H3,(H,24,29)(H,25,26,28)/t13-,14?,15?,16?,23?/m1/s1. The van der Waals surface area contributed by atoms with Crippen LogP contribution >= 0.6 is 11.8 Å². The minimum absolute atomic E-state index is 0.0728. The lowest BCUT2D eigenvalue weighted by molar-refractivity contribution is -0.123. The first kappa shape index (κ1) is 18.6. The summed E-state index contributed by atoms with van der Waals surface area (Å²) in [5, 5.41) is 13.5. The SMILES string of the molecule is C[C@@H](NC(=O)CSc1nnc2c(n1)[nH]c1ccccc12)C12CC3CC(CC(C3)C1)C2. The van der Waals surface area contributed by atoms with Crippen LogP contribution in [0.25, 0.3) is 22.1 Å². The van der Waals surface area contributed by atoms with E-state index < -0.39 is 0 Å². The molecule has 3 aromatic rings. The van der Waals surface area contributed by atoms with Gasteiger partial charge in [0.2, 0.25) is 11.1 Å². The molecule has 4 aliphatic carbocycles. The number of para-hydroxylation sites is 1. The Hall–Kier alpha value is -2.15. The van der Waals surface area contributed by atoms with Gasteiger partial charge in [-0.25, -0.2) is 4.98 Å². The molecular weight excluding hydrogens is 394 g/mol. The highest BCUT2D eigenvalue weighted by molar-refractivity contribution is 7.99. The fraction of sp³-hybridized carbons (Fsp3) is 0.565. The van der Waals surface area contributed by atoms with Crippen LogP contribution in [0.1, 0.15) is 45.4 Å². The second kappa shape index (κ2) is 6.94. The summed E-state index contributed by atoms with van der Waals surface area (Å²) in [4.78, 5) is 20.6. The average molecular weight is 422 g/mol. The maximum atomic E-state index is 12.7. The maximum Gasteiger partial charge on any atom is 0.230 e. The minimum atomic E-state index is 0.0728. The molecule has 0 aliphatic heterocycles. The van der Waals surface area contributed by atoms with E-state index in [9.17, 15) is 4.79 Å². The lowest BCUT2D eigenvalue weighted by Crippen LogP contribution is -2.56. The Kier molecular flexibility index (Phi) is 4.30. The molecule has 2 N–H and O–H groups in total. The van der Waals surface area contributed by atoms with Gasteiger partial charge in [0.05, 0.1) is 5.75 Å². The maximum absolute atomic E-state index is 12.7. The normalized spacial score (nSPS) is 30.8. The van der Waals surface area contributed by atoms with E-state index in [4.69, 9.17) is 0 Å². The number of hydrogen-bond acceptors (Lipinski definition) is 5. The van der Waals surface area contributed by atoms with Crippen LogP contribution in [0.15, 0.2) is 29.4 Å². The molecule has 0 saturated heterocycles. The molecule has 6 nitrogen and oxygen atoms in total. The smallest absolute Gasteiger partial charge is 0.230 e. The molecule has 0 spiro atoms. The zero-order valence-electron chi connectivity index (χ0n) is 17.2. The van der Waals surface area contributed by atoms with E-state index in [0.29, 0.717) is 16.3 Å². The van der Waals surface area contributed by atoms with Gasteiger partial charge in [0, 0.05) is 16.9 Å². The number of hydrogen-bond donors (Lipinski definition) is 2. The number of carbonyl (C=O) groups excluding carboxylic acids is 1.